The van der Waals surface area contributed by atoms with Crippen LogP contribution in [-0.2, 0) is 19.3 Å². The van der Waals surface area contributed by atoms with Crippen molar-refractivity contribution in [1.82, 2.24) is 0 Å². The molecule has 6 heteroatoms. The molecule has 0 aromatic heterocycles. The molecule has 0 bridgehead atoms. The summed E-state index contributed by atoms with van der Waals surface area (Å²) in [7, 11) is -1.38. The van der Waals surface area contributed by atoms with Crippen LogP contribution in [0.4, 0.5) is 0 Å². The molecule has 5 nitrogen and oxygen atoms in total. The highest BCUT2D eigenvalue weighted by molar-refractivity contribution is 7.91. The first-order valence-corrected chi connectivity index (χ1v) is 7.54. The maximum atomic E-state index is 11.4. The van der Waals surface area contributed by atoms with E-state index in [1.807, 2.05) is 0 Å². The summed E-state index contributed by atoms with van der Waals surface area (Å²) in [6, 6.07) is 2.15. The second kappa shape index (κ2) is 6.34. The van der Waals surface area contributed by atoms with E-state index < -0.39 is 15.3 Å². The van der Waals surface area contributed by atoms with Gasteiger partial charge in [-0.25, -0.2) is 8.42 Å². The van der Waals surface area contributed by atoms with Gasteiger partial charge in [0.25, 0.3) is 0 Å². The number of sulfone groups is 1. The lowest BCUT2D eigenvalue weighted by atomic mass is 9.86. The van der Waals surface area contributed by atoms with Crippen LogP contribution in [0.3, 0.4) is 0 Å². The van der Waals surface area contributed by atoms with E-state index in [4.69, 9.17) is 14.7 Å². The smallest absolute Gasteiger partial charge is 0.151 e. The first-order chi connectivity index (χ1) is 8.04. The average Bonchev–Trinajstić information content (AvgIpc) is 2.60. The third-order valence-corrected chi connectivity index (χ3v) is 4.81. The Morgan fingerprint density at radius 2 is 2.12 bits per heavy atom. The van der Waals surface area contributed by atoms with Gasteiger partial charge < -0.3 is 9.47 Å². The van der Waals surface area contributed by atoms with Crippen LogP contribution in [0, 0.1) is 16.7 Å². The molecule has 0 N–H and O–H groups in total. The third-order valence-electron chi connectivity index (χ3n) is 2.99. The maximum Gasteiger partial charge on any atom is 0.151 e. The van der Waals surface area contributed by atoms with Gasteiger partial charge in [-0.15, -0.1) is 0 Å². The van der Waals surface area contributed by atoms with Crippen molar-refractivity contribution >= 4 is 9.84 Å². The summed E-state index contributed by atoms with van der Waals surface area (Å²) in [5.74, 6) is 0.113. The molecule has 0 saturated carbocycles. The molecule has 17 heavy (non-hydrogen) atoms. The number of methoxy groups -OCH3 is 1. The average molecular weight is 261 g/mol. The van der Waals surface area contributed by atoms with E-state index in [2.05, 4.69) is 6.07 Å². The van der Waals surface area contributed by atoms with Gasteiger partial charge in [0.05, 0.1) is 23.0 Å². The Morgan fingerprint density at radius 3 is 2.65 bits per heavy atom. The van der Waals surface area contributed by atoms with Crippen molar-refractivity contribution in [2.75, 3.05) is 38.4 Å². The van der Waals surface area contributed by atoms with Crippen molar-refractivity contribution in [1.29, 1.82) is 5.26 Å². The largest absolute Gasteiger partial charge is 0.385 e. The van der Waals surface area contributed by atoms with Crippen molar-refractivity contribution in [3.63, 3.8) is 0 Å². The summed E-state index contributed by atoms with van der Waals surface area (Å²) in [4.78, 5) is 0. The second-order valence-electron chi connectivity index (χ2n) is 4.44. The fourth-order valence-corrected chi connectivity index (χ4v) is 3.97. The summed E-state index contributed by atoms with van der Waals surface area (Å²) in [5, 5.41) is 9.10. The Balaban J connectivity index is 2.28. The molecule has 0 aliphatic carbocycles. The van der Waals surface area contributed by atoms with Crippen LogP contribution in [0.2, 0.25) is 0 Å². The first-order valence-electron chi connectivity index (χ1n) is 5.72. The Morgan fingerprint density at radius 1 is 1.35 bits per heavy atom. The van der Waals surface area contributed by atoms with Crippen LogP contribution in [0.5, 0.6) is 0 Å². The standard InChI is InChI=1S/C11H19NO4S/c1-15-5-2-6-16-7-3-11(9-12)4-8-17(13,14)10-11/h2-8,10H2,1H3. The van der Waals surface area contributed by atoms with E-state index in [0.29, 0.717) is 32.7 Å². The van der Waals surface area contributed by atoms with Gasteiger partial charge in [-0.1, -0.05) is 0 Å². The SMILES string of the molecule is COCCCOCCC1(C#N)CCS(=O)(=O)C1. The van der Waals surface area contributed by atoms with Crippen molar-refractivity contribution in [2.45, 2.75) is 19.3 Å². The maximum absolute atomic E-state index is 11.4. The molecule has 0 amide bonds. The van der Waals surface area contributed by atoms with Crippen molar-refractivity contribution in [2.24, 2.45) is 5.41 Å². The third kappa shape index (κ3) is 4.62. The van der Waals surface area contributed by atoms with Crippen LogP contribution >= 0.6 is 0 Å². The van der Waals surface area contributed by atoms with Gasteiger partial charge in [0.15, 0.2) is 9.84 Å². The van der Waals surface area contributed by atoms with Gasteiger partial charge in [-0.05, 0) is 19.3 Å². The minimum atomic E-state index is -3.02. The molecule has 0 aromatic carbocycles. The topological polar surface area (TPSA) is 76.4 Å². The van der Waals surface area contributed by atoms with E-state index in [1.54, 1.807) is 7.11 Å². The van der Waals surface area contributed by atoms with E-state index >= 15 is 0 Å². The fraction of sp³-hybridized carbons (Fsp3) is 0.909. The summed E-state index contributed by atoms with van der Waals surface area (Å²) >= 11 is 0. The van der Waals surface area contributed by atoms with Gasteiger partial charge >= 0.3 is 0 Å². The molecule has 1 heterocycles. The zero-order valence-corrected chi connectivity index (χ0v) is 11.0. The highest BCUT2D eigenvalue weighted by atomic mass is 32.2. The second-order valence-corrected chi connectivity index (χ2v) is 6.63. The molecule has 1 unspecified atom stereocenters. The summed E-state index contributed by atoms with van der Waals surface area (Å²) in [6.07, 6.45) is 1.75. The lowest BCUT2D eigenvalue weighted by molar-refractivity contribution is 0.0892. The predicted molar refractivity (Wildman–Crippen MR) is 63.2 cm³/mol. The highest BCUT2D eigenvalue weighted by Gasteiger charge is 2.42. The highest BCUT2D eigenvalue weighted by Crippen LogP contribution is 2.34. The summed E-state index contributed by atoms with van der Waals surface area (Å²) in [6.45, 7) is 1.67. The summed E-state index contributed by atoms with van der Waals surface area (Å²) < 4.78 is 33.0. The van der Waals surface area contributed by atoms with Crippen molar-refractivity contribution in [3.05, 3.63) is 0 Å². The van der Waals surface area contributed by atoms with Crippen molar-refractivity contribution < 1.29 is 17.9 Å². The van der Waals surface area contributed by atoms with Crippen LogP contribution in [0.15, 0.2) is 0 Å². The van der Waals surface area contributed by atoms with Gasteiger partial charge in [0.2, 0.25) is 0 Å². The van der Waals surface area contributed by atoms with Gasteiger partial charge in [-0.3, -0.25) is 0 Å². The molecule has 0 radical (unpaired) electrons. The molecule has 0 spiro atoms. The molecule has 1 saturated heterocycles. The van der Waals surface area contributed by atoms with Gasteiger partial charge in [0, 0.05) is 26.9 Å². The number of hydrogen-bond donors (Lipinski definition) is 0. The molecular weight excluding hydrogens is 242 g/mol. The molecular formula is C11H19NO4S. The zero-order chi connectivity index (χ0) is 12.8. The molecule has 1 fully saturated rings. The normalized spacial score (nSPS) is 26.8. The quantitative estimate of drug-likeness (QED) is 0.632. The van der Waals surface area contributed by atoms with Gasteiger partial charge in [0.1, 0.15) is 0 Å². The Bertz CT molecular complexity index is 373. The lowest BCUT2D eigenvalue weighted by Gasteiger charge is -2.18. The fourth-order valence-electron chi connectivity index (χ4n) is 1.93. The van der Waals surface area contributed by atoms with E-state index in [9.17, 15) is 8.42 Å². The van der Waals surface area contributed by atoms with E-state index in [-0.39, 0.29) is 11.5 Å². The lowest BCUT2D eigenvalue weighted by Crippen LogP contribution is -2.22. The van der Waals surface area contributed by atoms with Crippen molar-refractivity contribution in [3.8, 4) is 6.07 Å². The van der Waals surface area contributed by atoms with E-state index in [0.717, 1.165) is 6.42 Å². The number of nitrogens with zero attached hydrogens (tertiary/aromatic N) is 1. The molecule has 1 atom stereocenters. The Hall–Kier alpha value is -0.640. The molecule has 0 aromatic rings. The molecule has 98 valence electrons. The Kier molecular flexibility index (Phi) is 5.37. The molecule has 1 aliphatic rings. The number of ether oxygens (including phenoxy) is 2. The predicted octanol–water partition coefficient (Wildman–Crippen LogP) is 0.758. The van der Waals surface area contributed by atoms with E-state index in [1.165, 1.54) is 0 Å². The Labute approximate surface area is 103 Å². The number of nitriles is 1. The molecule has 1 rings (SSSR count). The minimum Gasteiger partial charge on any atom is -0.385 e. The van der Waals surface area contributed by atoms with Crippen LogP contribution in [-0.4, -0.2) is 46.9 Å². The monoisotopic (exact) mass is 261 g/mol. The van der Waals surface area contributed by atoms with Crippen LogP contribution in [0.1, 0.15) is 19.3 Å². The zero-order valence-electron chi connectivity index (χ0n) is 10.1. The van der Waals surface area contributed by atoms with Gasteiger partial charge in [-0.2, -0.15) is 5.26 Å². The number of hydrogen-bond acceptors (Lipinski definition) is 5. The van der Waals surface area contributed by atoms with Crippen LogP contribution < -0.4 is 0 Å². The van der Waals surface area contributed by atoms with Crippen LogP contribution in [0.25, 0.3) is 0 Å². The summed E-state index contributed by atoms with van der Waals surface area (Å²) in [5.41, 5.74) is -0.722. The first kappa shape index (κ1) is 14.4. The molecule has 1 aliphatic heterocycles. The minimum absolute atomic E-state index is 0.0159. The number of rotatable bonds is 7.